The Hall–Kier alpha value is -2.83. The van der Waals surface area contributed by atoms with Gasteiger partial charge in [-0.15, -0.1) is 0 Å². The summed E-state index contributed by atoms with van der Waals surface area (Å²) in [6.45, 7) is 2.76. The zero-order valence-electron chi connectivity index (χ0n) is 13.3. The molecule has 1 aliphatic heterocycles. The molecular weight excluding hydrogens is 310 g/mol. The zero-order chi connectivity index (χ0) is 17.1. The number of hydrogen-bond donors (Lipinski definition) is 1. The molecule has 3 heterocycles. The minimum atomic E-state index is -0.428. The molecule has 0 aromatic carbocycles. The first-order valence-corrected chi connectivity index (χ1v) is 7.71. The quantitative estimate of drug-likeness (QED) is 0.889. The van der Waals surface area contributed by atoms with Crippen molar-refractivity contribution < 1.29 is 18.7 Å². The predicted molar refractivity (Wildman–Crippen MR) is 85.3 cm³/mol. The van der Waals surface area contributed by atoms with Crippen LogP contribution in [-0.2, 0) is 4.79 Å². The first-order valence-electron chi connectivity index (χ1n) is 7.71. The van der Waals surface area contributed by atoms with Crippen LogP contribution >= 0.6 is 0 Å². The normalized spacial score (nSPS) is 20.1. The summed E-state index contributed by atoms with van der Waals surface area (Å²) in [7, 11) is 0. The lowest BCUT2D eigenvalue weighted by molar-refractivity contribution is -0.122. The van der Waals surface area contributed by atoms with Crippen molar-refractivity contribution in [3.05, 3.63) is 48.2 Å². The Labute approximate surface area is 139 Å². The molecule has 3 rings (SSSR count). The van der Waals surface area contributed by atoms with Crippen molar-refractivity contribution >= 4 is 11.8 Å². The van der Waals surface area contributed by atoms with E-state index < -0.39 is 11.8 Å². The number of aromatic nitrogens is 1. The van der Waals surface area contributed by atoms with Gasteiger partial charge in [0.25, 0.3) is 5.91 Å². The number of carbonyl (C=O) groups excluding carboxylic acids is 2. The Bertz CT molecular complexity index is 728. The molecule has 2 amide bonds. The first-order chi connectivity index (χ1) is 11.6. The van der Waals surface area contributed by atoms with Gasteiger partial charge in [0.2, 0.25) is 5.91 Å². The van der Waals surface area contributed by atoms with Crippen molar-refractivity contribution in [2.75, 3.05) is 19.7 Å². The van der Waals surface area contributed by atoms with E-state index in [-0.39, 0.29) is 11.8 Å². The number of nitrogens with zero attached hydrogens (tertiary/aromatic N) is 2. The smallest absolute Gasteiger partial charge is 0.257 e. The number of carbonyl (C=O) groups is 2. The summed E-state index contributed by atoms with van der Waals surface area (Å²) in [5, 5.41) is 0. The molecule has 126 valence electrons. The van der Waals surface area contributed by atoms with E-state index in [1.807, 2.05) is 0 Å². The van der Waals surface area contributed by atoms with Crippen LogP contribution in [0.5, 0.6) is 5.75 Å². The molecule has 1 aliphatic rings. The topological polar surface area (TPSA) is 98.7 Å². The second kappa shape index (κ2) is 6.74. The van der Waals surface area contributed by atoms with Gasteiger partial charge in [-0.2, -0.15) is 0 Å². The molecule has 1 fully saturated rings. The van der Waals surface area contributed by atoms with Crippen molar-refractivity contribution in [2.24, 2.45) is 17.6 Å². The zero-order valence-corrected chi connectivity index (χ0v) is 13.3. The highest BCUT2D eigenvalue weighted by molar-refractivity contribution is 5.95. The Balaban J connectivity index is 1.69. The molecule has 2 aromatic heterocycles. The van der Waals surface area contributed by atoms with Gasteiger partial charge in [-0.05, 0) is 25.1 Å². The number of likely N-dealkylation sites (tertiary alicyclic amines) is 1. The van der Waals surface area contributed by atoms with Crippen LogP contribution in [-0.4, -0.2) is 41.4 Å². The fourth-order valence-electron chi connectivity index (χ4n) is 2.94. The average molecular weight is 329 g/mol. The number of hydrogen-bond acceptors (Lipinski definition) is 5. The molecule has 0 spiro atoms. The molecule has 0 radical (unpaired) electrons. The SMILES string of the molecule is Cc1occc1C(=O)N1C[C@@H](COc2ccncc2)[C@H](C(N)=O)C1. The molecule has 2 atom stereocenters. The molecule has 2 N–H and O–H groups in total. The van der Waals surface area contributed by atoms with E-state index in [0.29, 0.717) is 36.8 Å². The van der Waals surface area contributed by atoms with Crippen LogP contribution in [0.15, 0.2) is 41.3 Å². The van der Waals surface area contributed by atoms with E-state index in [2.05, 4.69) is 4.98 Å². The van der Waals surface area contributed by atoms with Crippen molar-refractivity contribution in [3.8, 4) is 5.75 Å². The lowest BCUT2D eigenvalue weighted by Crippen LogP contribution is -2.32. The first kappa shape index (κ1) is 16.0. The van der Waals surface area contributed by atoms with Crippen LogP contribution < -0.4 is 10.5 Å². The van der Waals surface area contributed by atoms with Crippen molar-refractivity contribution in [1.29, 1.82) is 0 Å². The molecule has 7 heteroatoms. The number of primary amides is 1. The third kappa shape index (κ3) is 3.24. The lowest BCUT2D eigenvalue weighted by atomic mass is 9.96. The van der Waals surface area contributed by atoms with E-state index in [4.69, 9.17) is 14.9 Å². The summed E-state index contributed by atoms with van der Waals surface area (Å²) in [4.78, 5) is 29.9. The van der Waals surface area contributed by atoms with Crippen LogP contribution in [0.3, 0.4) is 0 Å². The number of ether oxygens (including phenoxy) is 1. The molecule has 24 heavy (non-hydrogen) atoms. The van der Waals surface area contributed by atoms with E-state index in [0.717, 1.165) is 0 Å². The number of rotatable bonds is 5. The predicted octanol–water partition coefficient (Wildman–Crippen LogP) is 1.24. The summed E-state index contributed by atoms with van der Waals surface area (Å²) in [5.41, 5.74) is 6.02. The highest BCUT2D eigenvalue weighted by Gasteiger charge is 2.39. The molecule has 2 aromatic rings. The van der Waals surface area contributed by atoms with E-state index in [1.54, 1.807) is 42.4 Å². The summed E-state index contributed by atoms with van der Waals surface area (Å²) in [5.74, 6) is 0.0852. The van der Waals surface area contributed by atoms with E-state index in [9.17, 15) is 9.59 Å². The van der Waals surface area contributed by atoms with Crippen LogP contribution in [0.25, 0.3) is 0 Å². The molecule has 7 nitrogen and oxygen atoms in total. The fraction of sp³-hybridized carbons (Fsp3) is 0.353. The second-order valence-corrected chi connectivity index (χ2v) is 5.86. The number of nitrogens with two attached hydrogens (primary N) is 1. The van der Waals surface area contributed by atoms with Crippen LogP contribution in [0.2, 0.25) is 0 Å². The van der Waals surface area contributed by atoms with Crippen LogP contribution in [0.4, 0.5) is 0 Å². The van der Waals surface area contributed by atoms with Crippen molar-refractivity contribution in [1.82, 2.24) is 9.88 Å². The Morgan fingerprint density at radius 2 is 2.08 bits per heavy atom. The standard InChI is InChI=1S/C17H19N3O4/c1-11-14(4-7-23-11)17(22)20-8-12(15(9-20)16(18)21)10-24-13-2-5-19-6-3-13/h2-7,12,15H,8-10H2,1H3,(H2,18,21)/t12-,15+/m0/s1. The third-order valence-corrected chi connectivity index (χ3v) is 4.30. The molecule has 0 unspecified atom stereocenters. The van der Waals surface area contributed by atoms with Crippen LogP contribution in [0, 0.1) is 18.8 Å². The summed E-state index contributed by atoms with van der Waals surface area (Å²) in [6.07, 6.45) is 4.74. The highest BCUT2D eigenvalue weighted by atomic mass is 16.5. The Morgan fingerprint density at radius 3 is 2.71 bits per heavy atom. The number of amides is 2. The van der Waals surface area contributed by atoms with Crippen molar-refractivity contribution in [2.45, 2.75) is 6.92 Å². The van der Waals surface area contributed by atoms with Gasteiger partial charge in [0.15, 0.2) is 0 Å². The third-order valence-electron chi connectivity index (χ3n) is 4.30. The maximum absolute atomic E-state index is 12.6. The largest absolute Gasteiger partial charge is 0.493 e. The fourth-order valence-corrected chi connectivity index (χ4v) is 2.94. The summed E-state index contributed by atoms with van der Waals surface area (Å²) >= 11 is 0. The molecule has 0 bridgehead atoms. The van der Waals surface area contributed by atoms with Gasteiger partial charge in [0.05, 0.1) is 24.4 Å². The highest BCUT2D eigenvalue weighted by Crippen LogP contribution is 2.26. The second-order valence-electron chi connectivity index (χ2n) is 5.86. The van der Waals surface area contributed by atoms with E-state index in [1.165, 1.54) is 6.26 Å². The number of aryl methyl sites for hydroxylation is 1. The van der Waals surface area contributed by atoms with Gasteiger partial charge < -0.3 is 19.8 Å². The van der Waals surface area contributed by atoms with Gasteiger partial charge in [-0.3, -0.25) is 14.6 Å². The van der Waals surface area contributed by atoms with Gasteiger partial charge in [0, 0.05) is 31.4 Å². The summed E-state index contributed by atoms with van der Waals surface area (Å²) in [6, 6.07) is 5.12. The van der Waals surface area contributed by atoms with Crippen molar-refractivity contribution in [3.63, 3.8) is 0 Å². The summed E-state index contributed by atoms with van der Waals surface area (Å²) < 4.78 is 10.9. The maximum Gasteiger partial charge on any atom is 0.257 e. The molecule has 0 aliphatic carbocycles. The lowest BCUT2D eigenvalue weighted by Gasteiger charge is -2.16. The minimum absolute atomic E-state index is 0.146. The maximum atomic E-state index is 12.6. The van der Waals surface area contributed by atoms with Gasteiger partial charge in [0.1, 0.15) is 11.5 Å². The monoisotopic (exact) mass is 329 g/mol. The minimum Gasteiger partial charge on any atom is -0.493 e. The van der Waals surface area contributed by atoms with E-state index >= 15 is 0 Å². The van der Waals surface area contributed by atoms with Crippen LogP contribution in [0.1, 0.15) is 16.1 Å². The van der Waals surface area contributed by atoms with Gasteiger partial charge in [-0.25, -0.2) is 0 Å². The molecule has 1 saturated heterocycles. The molecular formula is C17H19N3O4. The van der Waals surface area contributed by atoms with Gasteiger partial charge in [-0.1, -0.05) is 0 Å². The number of pyridine rings is 1. The average Bonchev–Trinajstić information content (AvgIpc) is 3.19. The number of furan rings is 1. The van der Waals surface area contributed by atoms with Gasteiger partial charge >= 0.3 is 0 Å². The Kier molecular flexibility index (Phi) is 4.50. The molecule has 0 saturated carbocycles. The Morgan fingerprint density at radius 1 is 1.33 bits per heavy atom.